The van der Waals surface area contributed by atoms with Gasteiger partial charge in [0.25, 0.3) is 0 Å². The molecule has 0 aliphatic rings. The molecule has 0 atom stereocenters. The Morgan fingerprint density at radius 1 is 1.35 bits per heavy atom. The first-order valence-electron chi connectivity index (χ1n) is 5.80. The van der Waals surface area contributed by atoms with E-state index in [1.54, 1.807) is 12.1 Å². The fourth-order valence-corrected chi connectivity index (χ4v) is 1.98. The first-order chi connectivity index (χ1) is 8.11. The van der Waals surface area contributed by atoms with Crippen molar-refractivity contribution < 1.29 is 5.11 Å². The molecule has 0 saturated carbocycles. The van der Waals surface area contributed by atoms with Gasteiger partial charge in [-0.25, -0.2) is 0 Å². The van der Waals surface area contributed by atoms with E-state index in [9.17, 15) is 5.11 Å². The van der Waals surface area contributed by atoms with Crippen molar-refractivity contribution in [2.24, 2.45) is 0 Å². The number of aryl methyl sites for hydroxylation is 1. The number of benzene rings is 1. The minimum atomic E-state index is 0.212. The second-order valence-corrected chi connectivity index (χ2v) is 4.24. The summed E-state index contributed by atoms with van der Waals surface area (Å²) in [5, 5.41) is 18.5. The number of nitrogens with one attached hydrogen (secondary N) is 1. The summed E-state index contributed by atoms with van der Waals surface area (Å²) in [6.45, 7) is 3.98. The summed E-state index contributed by atoms with van der Waals surface area (Å²) in [5.74, 6) is 0.212. The van der Waals surface area contributed by atoms with Crippen LogP contribution in [0.15, 0.2) is 24.3 Å². The molecule has 0 aliphatic carbocycles. The largest absolute Gasteiger partial charge is 0.508 e. The minimum Gasteiger partial charge on any atom is -0.508 e. The summed E-state index contributed by atoms with van der Waals surface area (Å²) < 4.78 is 0. The van der Waals surface area contributed by atoms with E-state index in [0.717, 1.165) is 35.0 Å². The number of phenolic OH excluding ortho intramolecular Hbond substituents is 1. The van der Waals surface area contributed by atoms with E-state index in [0.29, 0.717) is 5.71 Å². The van der Waals surface area contributed by atoms with Crippen molar-refractivity contribution in [3.8, 4) is 5.75 Å². The lowest BCUT2D eigenvalue weighted by atomic mass is 10.0. The first-order valence-corrected chi connectivity index (χ1v) is 5.80. The Morgan fingerprint density at radius 3 is 2.82 bits per heavy atom. The van der Waals surface area contributed by atoms with Crippen LogP contribution in [-0.4, -0.2) is 15.8 Å². The molecule has 0 spiro atoms. The van der Waals surface area contributed by atoms with Crippen LogP contribution in [0.25, 0.3) is 10.9 Å². The standard InChI is InChI=1S/C14H16N2O/c1-3-4-13(15)12-7-9(2)16-14-8-10(17)5-6-11(12)14/h5-8,15,17H,3-4H2,1-2H3. The molecule has 0 radical (unpaired) electrons. The summed E-state index contributed by atoms with van der Waals surface area (Å²) >= 11 is 0. The summed E-state index contributed by atoms with van der Waals surface area (Å²) in [7, 11) is 0. The molecule has 3 heteroatoms. The third kappa shape index (κ3) is 2.28. The summed E-state index contributed by atoms with van der Waals surface area (Å²) in [6.07, 6.45) is 1.72. The quantitative estimate of drug-likeness (QED) is 0.791. The normalized spacial score (nSPS) is 10.7. The van der Waals surface area contributed by atoms with Gasteiger partial charge in [0.05, 0.1) is 5.52 Å². The molecule has 88 valence electrons. The summed E-state index contributed by atoms with van der Waals surface area (Å²) in [6, 6.07) is 7.06. The second kappa shape index (κ2) is 4.53. The lowest BCUT2D eigenvalue weighted by Gasteiger charge is -2.09. The molecule has 0 aliphatic heterocycles. The summed E-state index contributed by atoms with van der Waals surface area (Å²) in [5.41, 5.74) is 3.18. The van der Waals surface area contributed by atoms with E-state index < -0.39 is 0 Å². The smallest absolute Gasteiger partial charge is 0.117 e. The zero-order chi connectivity index (χ0) is 12.4. The molecule has 1 aromatic heterocycles. The zero-order valence-corrected chi connectivity index (χ0v) is 10.1. The van der Waals surface area contributed by atoms with Crippen molar-refractivity contribution in [3.05, 3.63) is 35.5 Å². The Bertz CT molecular complexity index is 570. The Labute approximate surface area is 101 Å². The van der Waals surface area contributed by atoms with Crippen molar-refractivity contribution in [2.45, 2.75) is 26.7 Å². The fourth-order valence-electron chi connectivity index (χ4n) is 1.98. The van der Waals surface area contributed by atoms with Gasteiger partial charge in [-0.2, -0.15) is 0 Å². The van der Waals surface area contributed by atoms with Crippen molar-refractivity contribution in [1.82, 2.24) is 4.98 Å². The lowest BCUT2D eigenvalue weighted by molar-refractivity contribution is 0.476. The Morgan fingerprint density at radius 2 is 2.12 bits per heavy atom. The van der Waals surface area contributed by atoms with E-state index in [2.05, 4.69) is 11.9 Å². The van der Waals surface area contributed by atoms with Crippen LogP contribution in [0.1, 0.15) is 31.0 Å². The lowest BCUT2D eigenvalue weighted by Crippen LogP contribution is -2.01. The molecular formula is C14H16N2O. The van der Waals surface area contributed by atoms with Gasteiger partial charge in [0.1, 0.15) is 5.75 Å². The highest BCUT2D eigenvalue weighted by Gasteiger charge is 2.08. The Kier molecular flexibility index (Phi) is 3.09. The molecule has 0 bridgehead atoms. The van der Waals surface area contributed by atoms with Crippen LogP contribution in [0.2, 0.25) is 0 Å². The van der Waals surface area contributed by atoms with Crippen LogP contribution >= 0.6 is 0 Å². The van der Waals surface area contributed by atoms with Gasteiger partial charge >= 0.3 is 0 Å². The maximum atomic E-state index is 9.46. The number of hydrogen-bond donors (Lipinski definition) is 2. The average Bonchev–Trinajstić information content (AvgIpc) is 2.27. The number of rotatable bonds is 3. The van der Waals surface area contributed by atoms with Crippen LogP contribution in [0.4, 0.5) is 0 Å². The van der Waals surface area contributed by atoms with Gasteiger partial charge in [-0.1, -0.05) is 13.3 Å². The number of aromatic nitrogens is 1. The monoisotopic (exact) mass is 228 g/mol. The van der Waals surface area contributed by atoms with Crippen LogP contribution in [0.3, 0.4) is 0 Å². The van der Waals surface area contributed by atoms with Crippen LogP contribution in [0.5, 0.6) is 5.75 Å². The van der Waals surface area contributed by atoms with Gasteiger partial charge in [-0.05, 0) is 31.5 Å². The van der Waals surface area contributed by atoms with Gasteiger partial charge < -0.3 is 10.5 Å². The number of phenols is 1. The molecule has 2 N–H and O–H groups in total. The maximum absolute atomic E-state index is 9.46. The third-order valence-electron chi connectivity index (χ3n) is 2.75. The number of nitrogens with zero attached hydrogens (tertiary/aromatic N) is 1. The van der Waals surface area contributed by atoms with E-state index in [1.165, 1.54) is 0 Å². The number of hydrogen-bond acceptors (Lipinski definition) is 3. The summed E-state index contributed by atoms with van der Waals surface area (Å²) in [4.78, 5) is 4.38. The molecule has 1 aromatic carbocycles. The van der Waals surface area contributed by atoms with Gasteiger partial charge in [-0.15, -0.1) is 0 Å². The molecular weight excluding hydrogens is 212 g/mol. The average molecular weight is 228 g/mol. The minimum absolute atomic E-state index is 0.212. The van der Waals surface area contributed by atoms with Crippen molar-refractivity contribution in [2.75, 3.05) is 0 Å². The first kappa shape index (κ1) is 11.6. The van der Waals surface area contributed by atoms with Crippen LogP contribution < -0.4 is 0 Å². The van der Waals surface area contributed by atoms with Gasteiger partial charge in [0.2, 0.25) is 0 Å². The van der Waals surface area contributed by atoms with E-state index in [1.807, 2.05) is 19.1 Å². The maximum Gasteiger partial charge on any atom is 0.117 e. The Balaban J connectivity index is 2.65. The topological polar surface area (TPSA) is 57.0 Å². The zero-order valence-electron chi connectivity index (χ0n) is 10.1. The Hall–Kier alpha value is -1.90. The molecule has 17 heavy (non-hydrogen) atoms. The number of pyridine rings is 1. The van der Waals surface area contributed by atoms with Gasteiger partial charge in [-0.3, -0.25) is 4.98 Å². The molecule has 2 rings (SSSR count). The third-order valence-corrected chi connectivity index (χ3v) is 2.75. The van der Waals surface area contributed by atoms with E-state index in [-0.39, 0.29) is 5.75 Å². The molecule has 0 unspecified atom stereocenters. The molecule has 0 fully saturated rings. The van der Waals surface area contributed by atoms with Crippen molar-refractivity contribution >= 4 is 16.6 Å². The highest BCUT2D eigenvalue weighted by atomic mass is 16.3. The highest BCUT2D eigenvalue weighted by Crippen LogP contribution is 2.23. The van der Waals surface area contributed by atoms with Crippen molar-refractivity contribution in [1.29, 1.82) is 5.41 Å². The van der Waals surface area contributed by atoms with Crippen LogP contribution in [0, 0.1) is 12.3 Å². The number of aromatic hydroxyl groups is 1. The second-order valence-electron chi connectivity index (χ2n) is 4.24. The highest BCUT2D eigenvalue weighted by molar-refractivity contribution is 6.08. The van der Waals surface area contributed by atoms with Gasteiger partial charge in [0, 0.05) is 28.4 Å². The van der Waals surface area contributed by atoms with Crippen molar-refractivity contribution in [3.63, 3.8) is 0 Å². The number of fused-ring (bicyclic) bond motifs is 1. The van der Waals surface area contributed by atoms with E-state index in [4.69, 9.17) is 5.41 Å². The molecule has 0 saturated heterocycles. The fraction of sp³-hybridized carbons (Fsp3) is 0.286. The molecule has 3 nitrogen and oxygen atoms in total. The predicted octanol–water partition coefficient (Wildman–Crippen LogP) is 3.42. The molecule has 2 aromatic rings. The predicted molar refractivity (Wildman–Crippen MR) is 69.9 cm³/mol. The van der Waals surface area contributed by atoms with Gasteiger partial charge in [0.15, 0.2) is 0 Å². The molecule has 0 amide bonds. The SMILES string of the molecule is CCCC(=N)c1cc(C)nc2cc(O)ccc12. The molecule has 1 heterocycles. The van der Waals surface area contributed by atoms with E-state index >= 15 is 0 Å². The van der Waals surface area contributed by atoms with Crippen LogP contribution in [-0.2, 0) is 0 Å².